The summed E-state index contributed by atoms with van der Waals surface area (Å²) < 4.78 is 0. The van der Waals surface area contributed by atoms with E-state index < -0.39 is 0 Å². The molecule has 1 aliphatic rings. The molecule has 3 atom stereocenters. The first-order chi connectivity index (χ1) is 10.1. The van der Waals surface area contributed by atoms with Crippen LogP contribution in [-0.4, -0.2) is 31.1 Å². The molecule has 0 saturated heterocycles. The number of fused-ring (bicyclic) bond motifs is 1. The lowest BCUT2D eigenvalue weighted by Crippen LogP contribution is -2.47. The van der Waals surface area contributed by atoms with Gasteiger partial charge in [-0.05, 0) is 44.9 Å². The number of nitrogens with zero attached hydrogens (tertiary/aromatic N) is 1. The lowest BCUT2D eigenvalue weighted by Gasteiger charge is -2.28. The third-order valence-electron chi connectivity index (χ3n) is 4.47. The van der Waals surface area contributed by atoms with Gasteiger partial charge in [0.05, 0.1) is 0 Å². The van der Waals surface area contributed by atoms with E-state index in [2.05, 4.69) is 35.3 Å². The van der Waals surface area contributed by atoms with E-state index in [0.29, 0.717) is 12.5 Å². The fourth-order valence-electron chi connectivity index (χ4n) is 2.95. The van der Waals surface area contributed by atoms with Crippen LogP contribution in [0.1, 0.15) is 45.1 Å². The number of amides is 1. The van der Waals surface area contributed by atoms with Gasteiger partial charge in [0.15, 0.2) is 0 Å². The van der Waals surface area contributed by atoms with Crippen molar-refractivity contribution in [1.29, 1.82) is 0 Å². The van der Waals surface area contributed by atoms with Gasteiger partial charge in [0.1, 0.15) is 6.04 Å². The van der Waals surface area contributed by atoms with E-state index in [-0.39, 0.29) is 18.0 Å². The number of carbonyl (C=O) groups is 1. The SMILES string of the molecule is CCC(C)NC(=O)C(C)N1CC(CCN)c2ccccc21. The van der Waals surface area contributed by atoms with Crippen molar-refractivity contribution in [2.75, 3.05) is 18.0 Å². The standard InChI is InChI=1S/C17H27N3O/c1-4-12(2)19-17(21)13(3)20-11-14(9-10-18)15-7-5-6-8-16(15)20/h5-8,12-14H,4,9-11,18H2,1-3H3,(H,19,21). The Bertz CT molecular complexity index is 489. The molecule has 3 unspecified atom stereocenters. The van der Waals surface area contributed by atoms with Gasteiger partial charge in [-0.2, -0.15) is 0 Å². The summed E-state index contributed by atoms with van der Waals surface area (Å²) in [6.07, 6.45) is 1.91. The third kappa shape index (κ3) is 3.38. The third-order valence-corrected chi connectivity index (χ3v) is 4.47. The summed E-state index contributed by atoms with van der Waals surface area (Å²) >= 11 is 0. The molecule has 0 radical (unpaired) electrons. The van der Waals surface area contributed by atoms with E-state index in [4.69, 9.17) is 5.73 Å². The summed E-state index contributed by atoms with van der Waals surface area (Å²) in [6.45, 7) is 7.67. The average Bonchev–Trinajstić information content (AvgIpc) is 2.86. The number of benzene rings is 1. The van der Waals surface area contributed by atoms with Crippen molar-refractivity contribution in [3.05, 3.63) is 29.8 Å². The normalized spacial score (nSPS) is 20.0. The molecule has 21 heavy (non-hydrogen) atoms. The second kappa shape index (κ2) is 6.94. The predicted molar refractivity (Wildman–Crippen MR) is 87.6 cm³/mol. The molecule has 1 amide bonds. The lowest BCUT2D eigenvalue weighted by atomic mass is 9.98. The maximum atomic E-state index is 12.4. The molecule has 0 saturated carbocycles. The Hall–Kier alpha value is -1.55. The predicted octanol–water partition coefficient (Wildman–Crippen LogP) is 2.24. The number of para-hydroxylation sites is 1. The van der Waals surface area contributed by atoms with Crippen molar-refractivity contribution in [3.8, 4) is 0 Å². The van der Waals surface area contributed by atoms with Gasteiger partial charge in [0.2, 0.25) is 5.91 Å². The molecule has 3 N–H and O–H groups in total. The number of hydrogen-bond donors (Lipinski definition) is 2. The molecule has 0 aliphatic carbocycles. The van der Waals surface area contributed by atoms with Gasteiger partial charge in [0.25, 0.3) is 0 Å². The van der Waals surface area contributed by atoms with Crippen LogP contribution in [0.4, 0.5) is 5.69 Å². The monoisotopic (exact) mass is 289 g/mol. The van der Waals surface area contributed by atoms with Crippen LogP contribution in [0.3, 0.4) is 0 Å². The van der Waals surface area contributed by atoms with Crippen LogP contribution in [0.2, 0.25) is 0 Å². The van der Waals surface area contributed by atoms with Crippen LogP contribution in [0.25, 0.3) is 0 Å². The summed E-state index contributed by atoms with van der Waals surface area (Å²) in [5.74, 6) is 0.539. The first kappa shape index (κ1) is 15.8. The zero-order valence-corrected chi connectivity index (χ0v) is 13.3. The Balaban J connectivity index is 2.15. The maximum absolute atomic E-state index is 12.4. The van der Waals surface area contributed by atoms with E-state index in [0.717, 1.165) is 19.4 Å². The summed E-state index contributed by atoms with van der Waals surface area (Å²) in [7, 11) is 0. The Morgan fingerprint density at radius 1 is 1.43 bits per heavy atom. The topological polar surface area (TPSA) is 58.4 Å². The smallest absolute Gasteiger partial charge is 0.242 e. The summed E-state index contributed by atoms with van der Waals surface area (Å²) in [5.41, 5.74) is 8.24. The average molecular weight is 289 g/mol. The number of hydrogen-bond acceptors (Lipinski definition) is 3. The second-order valence-corrected chi connectivity index (χ2v) is 5.98. The van der Waals surface area contributed by atoms with Gasteiger partial charge in [-0.3, -0.25) is 4.79 Å². The van der Waals surface area contributed by atoms with Crippen molar-refractivity contribution in [3.63, 3.8) is 0 Å². The molecule has 0 fully saturated rings. The van der Waals surface area contributed by atoms with Crippen LogP contribution < -0.4 is 16.0 Å². The molecule has 1 aromatic rings. The summed E-state index contributed by atoms with van der Waals surface area (Å²) in [5, 5.41) is 3.08. The Labute approximate surface area is 127 Å². The van der Waals surface area contributed by atoms with Crippen LogP contribution in [0, 0.1) is 0 Å². The Morgan fingerprint density at radius 3 is 2.81 bits per heavy atom. The quantitative estimate of drug-likeness (QED) is 0.844. The minimum Gasteiger partial charge on any atom is -0.359 e. The van der Waals surface area contributed by atoms with Crippen molar-refractivity contribution in [2.24, 2.45) is 5.73 Å². The molecular weight excluding hydrogens is 262 g/mol. The summed E-state index contributed by atoms with van der Waals surface area (Å²) in [4.78, 5) is 14.6. The van der Waals surface area contributed by atoms with Gasteiger partial charge >= 0.3 is 0 Å². The van der Waals surface area contributed by atoms with Gasteiger partial charge in [-0.1, -0.05) is 25.1 Å². The number of nitrogens with two attached hydrogens (primary N) is 1. The molecule has 1 aromatic carbocycles. The number of anilines is 1. The minimum absolute atomic E-state index is 0.104. The molecule has 0 aromatic heterocycles. The highest BCUT2D eigenvalue weighted by molar-refractivity contribution is 5.86. The molecule has 4 heteroatoms. The Morgan fingerprint density at radius 2 is 2.14 bits per heavy atom. The number of nitrogens with one attached hydrogen (secondary N) is 1. The number of rotatable bonds is 6. The van der Waals surface area contributed by atoms with Crippen molar-refractivity contribution in [2.45, 2.75) is 51.6 Å². The molecule has 4 nitrogen and oxygen atoms in total. The molecule has 116 valence electrons. The van der Waals surface area contributed by atoms with Crippen molar-refractivity contribution >= 4 is 11.6 Å². The molecular formula is C17H27N3O. The first-order valence-corrected chi connectivity index (χ1v) is 7.94. The second-order valence-electron chi connectivity index (χ2n) is 5.98. The molecule has 1 aliphatic heterocycles. The van der Waals surface area contributed by atoms with Crippen LogP contribution in [-0.2, 0) is 4.79 Å². The van der Waals surface area contributed by atoms with Crippen LogP contribution in [0.5, 0.6) is 0 Å². The van der Waals surface area contributed by atoms with Crippen LogP contribution in [0.15, 0.2) is 24.3 Å². The van der Waals surface area contributed by atoms with Gasteiger partial charge in [-0.25, -0.2) is 0 Å². The Kier molecular flexibility index (Phi) is 5.23. The highest BCUT2D eigenvalue weighted by Crippen LogP contribution is 2.38. The largest absolute Gasteiger partial charge is 0.359 e. The minimum atomic E-state index is -0.150. The van der Waals surface area contributed by atoms with Crippen molar-refractivity contribution < 1.29 is 4.79 Å². The van der Waals surface area contributed by atoms with E-state index in [9.17, 15) is 4.79 Å². The highest BCUT2D eigenvalue weighted by Gasteiger charge is 2.33. The van der Waals surface area contributed by atoms with Gasteiger partial charge in [-0.15, -0.1) is 0 Å². The molecule has 2 rings (SSSR count). The molecule has 0 bridgehead atoms. The first-order valence-electron chi connectivity index (χ1n) is 7.94. The zero-order valence-electron chi connectivity index (χ0n) is 13.3. The molecule has 1 heterocycles. The van der Waals surface area contributed by atoms with E-state index >= 15 is 0 Å². The van der Waals surface area contributed by atoms with Crippen LogP contribution >= 0.6 is 0 Å². The fraction of sp³-hybridized carbons (Fsp3) is 0.588. The number of carbonyl (C=O) groups excluding carboxylic acids is 1. The fourth-order valence-corrected chi connectivity index (χ4v) is 2.95. The maximum Gasteiger partial charge on any atom is 0.242 e. The van der Waals surface area contributed by atoms with Crippen molar-refractivity contribution in [1.82, 2.24) is 5.32 Å². The van der Waals surface area contributed by atoms with E-state index in [1.165, 1.54) is 11.3 Å². The highest BCUT2D eigenvalue weighted by atomic mass is 16.2. The lowest BCUT2D eigenvalue weighted by molar-refractivity contribution is -0.122. The van der Waals surface area contributed by atoms with E-state index in [1.54, 1.807) is 0 Å². The zero-order chi connectivity index (χ0) is 15.4. The molecule has 0 spiro atoms. The van der Waals surface area contributed by atoms with Gasteiger partial charge < -0.3 is 16.0 Å². The van der Waals surface area contributed by atoms with E-state index in [1.807, 2.05) is 19.9 Å². The summed E-state index contributed by atoms with van der Waals surface area (Å²) in [6, 6.07) is 8.44. The van der Waals surface area contributed by atoms with Gasteiger partial charge in [0, 0.05) is 24.2 Å².